The van der Waals surface area contributed by atoms with E-state index in [0.717, 1.165) is 12.0 Å². The maximum absolute atomic E-state index is 9.03. The normalized spacial score (nSPS) is 12.3. The minimum atomic E-state index is 0.154. The highest BCUT2D eigenvalue weighted by molar-refractivity contribution is 5.13. The van der Waals surface area contributed by atoms with E-state index in [9.17, 15) is 0 Å². The molecule has 0 saturated carbocycles. The molecule has 0 heterocycles. The van der Waals surface area contributed by atoms with Gasteiger partial charge in [0.2, 0.25) is 0 Å². The summed E-state index contributed by atoms with van der Waals surface area (Å²) in [6.07, 6.45) is 2.61. The molecular weight excluding hydrogens is 188 g/mol. The summed E-state index contributed by atoms with van der Waals surface area (Å²) in [4.78, 5) is 0. The van der Waals surface area contributed by atoms with Crippen LogP contribution in [-0.2, 0) is 11.3 Å². The molecule has 1 aromatic carbocycles. The van der Waals surface area contributed by atoms with Crippen LogP contribution in [0, 0.1) is 5.92 Å². The summed E-state index contributed by atoms with van der Waals surface area (Å²) in [5, 5.41) is 9.03. The summed E-state index contributed by atoms with van der Waals surface area (Å²) < 4.78 is 5.52. The molecule has 82 valence electrons. The van der Waals surface area contributed by atoms with Gasteiger partial charge in [-0.1, -0.05) is 36.4 Å². The third-order valence-corrected chi connectivity index (χ3v) is 2.22. The van der Waals surface area contributed by atoms with Gasteiger partial charge in [-0.3, -0.25) is 0 Å². The van der Waals surface area contributed by atoms with E-state index in [1.807, 2.05) is 36.4 Å². The van der Waals surface area contributed by atoms with Gasteiger partial charge in [0.1, 0.15) is 0 Å². The molecule has 1 aromatic rings. The van der Waals surface area contributed by atoms with Crippen LogP contribution in [0.1, 0.15) is 12.0 Å². The Morgan fingerprint density at radius 2 is 2.07 bits per heavy atom. The highest BCUT2D eigenvalue weighted by Crippen LogP contribution is 2.06. The van der Waals surface area contributed by atoms with Crippen molar-refractivity contribution in [3.8, 4) is 0 Å². The first kappa shape index (κ1) is 12.0. The van der Waals surface area contributed by atoms with Crippen LogP contribution in [0.15, 0.2) is 43.0 Å². The van der Waals surface area contributed by atoms with Crippen molar-refractivity contribution < 1.29 is 9.84 Å². The number of aliphatic hydroxyl groups is 1. The number of benzene rings is 1. The van der Waals surface area contributed by atoms with E-state index >= 15 is 0 Å². The molecule has 0 amide bonds. The zero-order valence-electron chi connectivity index (χ0n) is 8.93. The fourth-order valence-electron chi connectivity index (χ4n) is 1.35. The lowest BCUT2D eigenvalue weighted by molar-refractivity contribution is 0.0640. The zero-order valence-corrected chi connectivity index (χ0v) is 8.93. The first-order valence-electron chi connectivity index (χ1n) is 5.20. The van der Waals surface area contributed by atoms with Gasteiger partial charge in [0.25, 0.3) is 0 Å². The summed E-state index contributed by atoms with van der Waals surface area (Å²) in [5.41, 5.74) is 1.16. The Bertz CT molecular complexity index is 269. The van der Waals surface area contributed by atoms with Crippen molar-refractivity contribution in [1.82, 2.24) is 0 Å². The van der Waals surface area contributed by atoms with Crippen molar-refractivity contribution in [3.63, 3.8) is 0 Å². The second-order valence-electron chi connectivity index (χ2n) is 3.57. The van der Waals surface area contributed by atoms with Crippen molar-refractivity contribution >= 4 is 0 Å². The number of aliphatic hydroxyl groups excluding tert-OH is 1. The molecule has 1 rings (SSSR count). The Balaban J connectivity index is 2.23. The lowest BCUT2D eigenvalue weighted by Crippen LogP contribution is -2.13. The van der Waals surface area contributed by atoms with Crippen LogP contribution in [-0.4, -0.2) is 18.3 Å². The molecule has 0 aliphatic carbocycles. The Hall–Kier alpha value is -1.12. The number of ether oxygens (including phenoxy) is 1. The molecule has 0 aliphatic heterocycles. The molecule has 1 N–H and O–H groups in total. The molecule has 0 aliphatic rings. The van der Waals surface area contributed by atoms with Crippen molar-refractivity contribution in [2.45, 2.75) is 13.0 Å². The van der Waals surface area contributed by atoms with Gasteiger partial charge in [-0.2, -0.15) is 0 Å². The fraction of sp³-hybridized carbons (Fsp3) is 0.385. The second-order valence-corrected chi connectivity index (χ2v) is 3.57. The van der Waals surface area contributed by atoms with Crippen molar-refractivity contribution in [2.75, 3.05) is 13.2 Å². The molecule has 0 saturated heterocycles. The minimum Gasteiger partial charge on any atom is -0.396 e. The van der Waals surface area contributed by atoms with Crippen LogP contribution < -0.4 is 0 Å². The Labute approximate surface area is 91.2 Å². The molecule has 0 radical (unpaired) electrons. The van der Waals surface area contributed by atoms with E-state index in [-0.39, 0.29) is 12.5 Å². The molecule has 0 bridgehead atoms. The number of hydrogen-bond donors (Lipinski definition) is 1. The van der Waals surface area contributed by atoms with Crippen LogP contribution in [0.25, 0.3) is 0 Å². The molecule has 15 heavy (non-hydrogen) atoms. The summed E-state index contributed by atoms with van der Waals surface area (Å²) in [6, 6.07) is 10.0. The lowest BCUT2D eigenvalue weighted by Gasteiger charge is -2.12. The fourth-order valence-corrected chi connectivity index (χ4v) is 1.35. The third kappa shape index (κ3) is 4.77. The number of rotatable bonds is 7. The highest BCUT2D eigenvalue weighted by atomic mass is 16.5. The van der Waals surface area contributed by atoms with Crippen LogP contribution in [0.4, 0.5) is 0 Å². The monoisotopic (exact) mass is 206 g/mol. The molecule has 1 unspecified atom stereocenters. The smallest absolute Gasteiger partial charge is 0.0717 e. The lowest BCUT2D eigenvalue weighted by atomic mass is 10.1. The molecule has 0 aromatic heterocycles. The molecule has 2 nitrogen and oxygen atoms in total. The maximum Gasteiger partial charge on any atom is 0.0717 e. The van der Waals surface area contributed by atoms with Gasteiger partial charge < -0.3 is 9.84 Å². The molecule has 1 atom stereocenters. The predicted molar refractivity (Wildman–Crippen MR) is 61.5 cm³/mol. The van der Waals surface area contributed by atoms with Gasteiger partial charge in [-0.05, 0) is 12.0 Å². The van der Waals surface area contributed by atoms with Gasteiger partial charge in [0.15, 0.2) is 0 Å². The van der Waals surface area contributed by atoms with E-state index < -0.39 is 0 Å². The standard InChI is InChI=1S/C13H18O2/c1-2-6-13(9-14)11-15-10-12-7-4-3-5-8-12/h2-5,7-8,13-14H,1,6,9-11H2. The predicted octanol–water partition coefficient (Wildman–Crippen LogP) is 2.39. The van der Waals surface area contributed by atoms with E-state index in [0.29, 0.717) is 13.2 Å². The minimum absolute atomic E-state index is 0.154. The Kier molecular flexibility index (Phi) is 5.74. The largest absolute Gasteiger partial charge is 0.396 e. The summed E-state index contributed by atoms with van der Waals surface area (Å²) in [6.45, 7) is 4.99. The Morgan fingerprint density at radius 1 is 1.33 bits per heavy atom. The SMILES string of the molecule is C=CCC(CO)COCc1ccccc1. The van der Waals surface area contributed by atoms with Gasteiger partial charge in [-0.15, -0.1) is 6.58 Å². The number of hydrogen-bond acceptors (Lipinski definition) is 2. The zero-order chi connectivity index (χ0) is 10.9. The van der Waals surface area contributed by atoms with Gasteiger partial charge in [-0.25, -0.2) is 0 Å². The van der Waals surface area contributed by atoms with E-state index in [2.05, 4.69) is 6.58 Å². The molecule has 0 spiro atoms. The van der Waals surface area contributed by atoms with E-state index in [1.165, 1.54) is 0 Å². The van der Waals surface area contributed by atoms with Gasteiger partial charge >= 0.3 is 0 Å². The van der Waals surface area contributed by atoms with Gasteiger partial charge in [0.05, 0.1) is 13.2 Å². The second kappa shape index (κ2) is 7.21. The third-order valence-electron chi connectivity index (χ3n) is 2.22. The van der Waals surface area contributed by atoms with E-state index in [4.69, 9.17) is 9.84 Å². The van der Waals surface area contributed by atoms with Crippen LogP contribution in [0.5, 0.6) is 0 Å². The molecule has 0 fully saturated rings. The summed E-state index contributed by atoms with van der Waals surface area (Å²) in [5.74, 6) is 0.172. The maximum atomic E-state index is 9.03. The summed E-state index contributed by atoms with van der Waals surface area (Å²) >= 11 is 0. The topological polar surface area (TPSA) is 29.5 Å². The van der Waals surface area contributed by atoms with Crippen LogP contribution in [0.2, 0.25) is 0 Å². The quantitative estimate of drug-likeness (QED) is 0.694. The average molecular weight is 206 g/mol. The van der Waals surface area contributed by atoms with Crippen LogP contribution >= 0.6 is 0 Å². The first-order valence-corrected chi connectivity index (χ1v) is 5.20. The van der Waals surface area contributed by atoms with Crippen molar-refractivity contribution in [1.29, 1.82) is 0 Å². The molecular formula is C13H18O2. The number of allylic oxidation sites excluding steroid dienone is 1. The van der Waals surface area contributed by atoms with Gasteiger partial charge in [0, 0.05) is 12.5 Å². The highest BCUT2D eigenvalue weighted by Gasteiger charge is 2.04. The first-order chi connectivity index (χ1) is 7.36. The van der Waals surface area contributed by atoms with E-state index in [1.54, 1.807) is 0 Å². The van der Waals surface area contributed by atoms with Crippen molar-refractivity contribution in [2.24, 2.45) is 5.92 Å². The summed E-state index contributed by atoms with van der Waals surface area (Å²) in [7, 11) is 0. The van der Waals surface area contributed by atoms with Crippen molar-refractivity contribution in [3.05, 3.63) is 48.6 Å². The molecule has 2 heteroatoms. The average Bonchev–Trinajstić information content (AvgIpc) is 2.29. The Morgan fingerprint density at radius 3 is 2.67 bits per heavy atom. The van der Waals surface area contributed by atoms with Crippen LogP contribution in [0.3, 0.4) is 0 Å².